The molecule has 83 heavy (non-hydrogen) atoms. The fraction of sp³-hybridized carbons (Fsp3) is 0.675. The zero-order valence-electron chi connectivity index (χ0n) is 54.2. The van der Waals surface area contributed by atoms with E-state index in [4.69, 9.17) is 14.2 Å². The van der Waals surface area contributed by atoms with Crippen LogP contribution in [0.15, 0.2) is 134 Å². The summed E-state index contributed by atoms with van der Waals surface area (Å²) in [6.45, 7) is 6.40. The summed E-state index contributed by atoms with van der Waals surface area (Å²) < 4.78 is 17.0. The molecule has 0 heterocycles. The molecule has 1 unspecified atom stereocenters. The molecule has 472 valence electrons. The van der Waals surface area contributed by atoms with E-state index in [2.05, 4.69) is 154 Å². The topological polar surface area (TPSA) is 78.9 Å². The van der Waals surface area contributed by atoms with Crippen molar-refractivity contribution in [1.29, 1.82) is 0 Å². The summed E-state index contributed by atoms with van der Waals surface area (Å²) in [7, 11) is 0. The van der Waals surface area contributed by atoms with Gasteiger partial charge >= 0.3 is 17.9 Å². The second-order valence-corrected chi connectivity index (χ2v) is 22.7. The summed E-state index contributed by atoms with van der Waals surface area (Å²) >= 11 is 0. The highest BCUT2D eigenvalue weighted by Crippen LogP contribution is 2.16. The molecule has 6 nitrogen and oxygen atoms in total. The first-order valence-corrected chi connectivity index (χ1v) is 34.7. The fourth-order valence-corrected chi connectivity index (χ4v) is 9.49. The minimum absolute atomic E-state index is 0.0919. The lowest BCUT2D eigenvalue weighted by Gasteiger charge is -2.18. The van der Waals surface area contributed by atoms with Gasteiger partial charge < -0.3 is 14.2 Å². The van der Waals surface area contributed by atoms with E-state index < -0.39 is 6.10 Å². The SMILES string of the molecule is CC/C=C\C/C=C\C/C=C\C/C=C\C/C=C\CCCCCCCCCCCCCCCC(=O)OCC(COC(=O)CCCCCCC/C=C\C/C=C\C/C=C\CC)OC(=O)CCCCCCCC/C=C\C/C=C\C/C=C\CCCCCCC. The van der Waals surface area contributed by atoms with E-state index >= 15 is 0 Å². The number of carbonyl (C=O) groups is 3. The van der Waals surface area contributed by atoms with Crippen LogP contribution in [0, 0.1) is 0 Å². The summed E-state index contributed by atoms with van der Waals surface area (Å²) in [5, 5.41) is 0. The van der Waals surface area contributed by atoms with E-state index in [0.29, 0.717) is 19.3 Å². The van der Waals surface area contributed by atoms with Crippen LogP contribution in [0.1, 0.15) is 316 Å². The first kappa shape index (κ1) is 78.5. The number of carbonyl (C=O) groups excluding carboxylic acids is 3. The fourth-order valence-electron chi connectivity index (χ4n) is 9.49. The number of allylic oxidation sites excluding steroid dienone is 22. The lowest BCUT2D eigenvalue weighted by Crippen LogP contribution is -2.30. The van der Waals surface area contributed by atoms with Gasteiger partial charge in [0.25, 0.3) is 0 Å². The molecule has 0 saturated carbocycles. The zero-order chi connectivity index (χ0) is 59.9. The monoisotopic (exact) mass is 1150 g/mol. The van der Waals surface area contributed by atoms with E-state index in [-0.39, 0.29) is 31.1 Å². The van der Waals surface area contributed by atoms with Crippen molar-refractivity contribution in [3.8, 4) is 0 Å². The van der Waals surface area contributed by atoms with Gasteiger partial charge in [-0.1, -0.05) is 296 Å². The van der Waals surface area contributed by atoms with Crippen molar-refractivity contribution in [3.05, 3.63) is 134 Å². The van der Waals surface area contributed by atoms with Gasteiger partial charge in [0.15, 0.2) is 6.10 Å². The van der Waals surface area contributed by atoms with Crippen molar-refractivity contribution >= 4 is 17.9 Å². The summed E-state index contributed by atoms with van der Waals surface area (Å²) in [5.41, 5.74) is 0. The van der Waals surface area contributed by atoms with Crippen molar-refractivity contribution in [2.45, 2.75) is 322 Å². The molecule has 0 aliphatic rings. The van der Waals surface area contributed by atoms with E-state index in [1.807, 2.05) is 0 Å². The quantitative estimate of drug-likeness (QED) is 0.0261. The molecular weight excluding hydrogens is 1020 g/mol. The molecule has 0 aliphatic heterocycles. The Bertz CT molecular complexity index is 1750. The van der Waals surface area contributed by atoms with Gasteiger partial charge in [-0.05, 0) is 135 Å². The Morgan fingerprint density at radius 3 is 0.735 bits per heavy atom. The summed E-state index contributed by atoms with van der Waals surface area (Å²) in [4.78, 5) is 38.4. The molecule has 0 fully saturated rings. The Morgan fingerprint density at radius 1 is 0.253 bits per heavy atom. The normalized spacial score (nSPS) is 13.0. The summed E-state index contributed by atoms with van der Waals surface area (Å²) in [5.74, 6) is -0.916. The first-order valence-electron chi connectivity index (χ1n) is 34.7. The van der Waals surface area contributed by atoms with Gasteiger partial charge in [-0.15, -0.1) is 0 Å². The van der Waals surface area contributed by atoms with Crippen molar-refractivity contribution in [3.63, 3.8) is 0 Å². The van der Waals surface area contributed by atoms with Crippen molar-refractivity contribution in [1.82, 2.24) is 0 Å². The van der Waals surface area contributed by atoms with Crippen LogP contribution in [0.4, 0.5) is 0 Å². The van der Waals surface area contributed by atoms with E-state index in [1.54, 1.807) is 0 Å². The second kappa shape index (κ2) is 70.0. The highest BCUT2D eigenvalue weighted by atomic mass is 16.6. The Kier molecular flexibility index (Phi) is 66.3. The van der Waals surface area contributed by atoms with Crippen LogP contribution < -0.4 is 0 Å². The summed E-state index contributed by atoms with van der Waals surface area (Å²) in [6, 6.07) is 0. The number of hydrogen-bond donors (Lipinski definition) is 0. The van der Waals surface area contributed by atoms with Crippen LogP contribution in [0.25, 0.3) is 0 Å². The Balaban J connectivity index is 4.35. The van der Waals surface area contributed by atoms with Gasteiger partial charge in [-0.25, -0.2) is 0 Å². The molecule has 0 aromatic carbocycles. The minimum Gasteiger partial charge on any atom is -0.462 e. The van der Waals surface area contributed by atoms with Gasteiger partial charge in [-0.3, -0.25) is 14.4 Å². The Labute approximate surface area is 513 Å². The van der Waals surface area contributed by atoms with E-state index in [9.17, 15) is 14.4 Å². The van der Waals surface area contributed by atoms with Gasteiger partial charge in [0, 0.05) is 19.3 Å². The van der Waals surface area contributed by atoms with Crippen molar-refractivity contribution in [2.75, 3.05) is 13.2 Å². The lowest BCUT2D eigenvalue weighted by molar-refractivity contribution is -0.167. The smallest absolute Gasteiger partial charge is 0.306 e. The van der Waals surface area contributed by atoms with E-state index in [1.165, 1.54) is 122 Å². The molecule has 0 amide bonds. The largest absolute Gasteiger partial charge is 0.462 e. The van der Waals surface area contributed by atoms with Gasteiger partial charge in [0.1, 0.15) is 13.2 Å². The third kappa shape index (κ3) is 68.2. The van der Waals surface area contributed by atoms with Crippen molar-refractivity contribution < 1.29 is 28.6 Å². The maximum Gasteiger partial charge on any atom is 0.306 e. The average molecular weight is 1150 g/mol. The molecule has 0 aromatic rings. The number of unbranched alkanes of at least 4 members (excludes halogenated alkanes) is 29. The van der Waals surface area contributed by atoms with Gasteiger partial charge in [-0.2, -0.15) is 0 Å². The lowest BCUT2D eigenvalue weighted by atomic mass is 10.0. The molecule has 6 heteroatoms. The highest BCUT2D eigenvalue weighted by molar-refractivity contribution is 5.71. The standard InChI is InChI=1S/C77H128O6/c1-4-7-10-13-16-19-22-25-28-30-32-34-35-36-37-38-39-40-41-43-44-46-49-52-55-58-61-64-67-70-76(79)82-73-74(72-81-75(78)69-66-63-60-57-54-51-48-27-24-21-18-15-12-9-6-3)83-77(80)71-68-65-62-59-56-53-50-47-45-42-33-31-29-26-23-20-17-14-11-8-5-2/h7,9-10,12,16,18-19,21,23,25-28,31-34,36-37,45,47-48,74H,4-6,8,11,13-15,17,20,22,24,29-30,35,38-44,46,49-73H2,1-3H3/b10-7-,12-9-,19-16-,21-18-,26-23-,28-25-,33-31-,34-32-,37-36-,47-45-,48-27-. The average Bonchev–Trinajstić information content (AvgIpc) is 3.49. The van der Waals surface area contributed by atoms with Crippen LogP contribution >= 0.6 is 0 Å². The number of hydrogen-bond acceptors (Lipinski definition) is 6. The molecule has 0 spiro atoms. The van der Waals surface area contributed by atoms with E-state index in [0.717, 1.165) is 154 Å². The molecule has 0 N–H and O–H groups in total. The van der Waals surface area contributed by atoms with Crippen LogP contribution in [0.3, 0.4) is 0 Å². The second-order valence-electron chi connectivity index (χ2n) is 22.7. The predicted octanol–water partition coefficient (Wildman–Crippen LogP) is 24.1. The molecule has 0 bridgehead atoms. The minimum atomic E-state index is -0.799. The summed E-state index contributed by atoms with van der Waals surface area (Å²) in [6.07, 6.45) is 99.0. The molecule has 0 saturated heterocycles. The third-order valence-corrected chi connectivity index (χ3v) is 14.6. The Hall–Kier alpha value is -4.45. The third-order valence-electron chi connectivity index (χ3n) is 14.6. The van der Waals surface area contributed by atoms with Gasteiger partial charge in [0.2, 0.25) is 0 Å². The maximum absolute atomic E-state index is 12.9. The van der Waals surface area contributed by atoms with Gasteiger partial charge in [0.05, 0.1) is 0 Å². The molecule has 0 rings (SSSR count). The number of esters is 3. The molecule has 0 radical (unpaired) electrons. The van der Waals surface area contributed by atoms with Crippen molar-refractivity contribution in [2.24, 2.45) is 0 Å². The van der Waals surface area contributed by atoms with Crippen LogP contribution in [0.5, 0.6) is 0 Å². The molecule has 0 aliphatic carbocycles. The molecular formula is C77H128O6. The predicted molar refractivity (Wildman–Crippen MR) is 362 cm³/mol. The Morgan fingerprint density at radius 2 is 0.470 bits per heavy atom. The molecule has 0 aromatic heterocycles. The first-order chi connectivity index (χ1) is 41.0. The highest BCUT2D eigenvalue weighted by Gasteiger charge is 2.19. The van der Waals surface area contributed by atoms with Crippen LogP contribution in [-0.2, 0) is 28.6 Å². The van der Waals surface area contributed by atoms with Crippen LogP contribution in [-0.4, -0.2) is 37.2 Å². The number of ether oxygens (including phenoxy) is 3. The number of rotatable bonds is 62. The zero-order valence-corrected chi connectivity index (χ0v) is 54.2. The maximum atomic E-state index is 12.9. The van der Waals surface area contributed by atoms with Crippen LogP contribution in [0.2, 0.25) is 0 Å². The molecule has 1 atom stereocenters.